The average molecular weight is 316 g/mol. The molecule has 0 atom stereocenters. The molecule has 1 aromatic carbocycles. The Bertz CT molecular complexity index is 831. The molecule has 0 fully saturated rings. The van der Waals surface area contributed by atoms with Crippen molar-refractivity contribution < 1.29 is 14.6 Å². The second-order valence-corrected chi connectivity index (χ2v) is 6.26. The van der Waals surface area contributed by atoms with Crippen LogP contribution in [0, 0.1) is 0 Å². The Labute approximate surface area is 131 Å². The van der Waals surface area contributed by atoms with Crippen LogP contribution < -0.4 is 4.74 Å². The first-order valence-corrected chi connectivity index (χ1v) is 7.72. The van der Waals surface area contributed by atoms with Crippen molar-refractivity contribution in [2.45, 2.75) is 19.8 Å². The van der Waals surface area contributed by atoms with Crippen LogP contribution in [0.15, 0.2) is 30.5 Å². The van der Waals surface area contributed by atoms with E-state index in [0.717, 1.165) is 22.7 Å². The summed E-state index contributed by atoms with van der Waals surface area (Å²) in [7, 11) is 1.63. The summed E-state index contributed by atoms with van der Waals surface area (Å²) in [5, 5.41) is 9.33. The van der Waals surface area contributed by atoms with Gasteiger partial charge in [0.2, 0.25) is 0 Å². The summed E-state index contributed by atoms with van der Waals surface area (Å²) in [4.78, 5) is 17.0. The SMILES string of the molecule is COc1ccc(-c2cn3c(C(C)C)c(C(=O)O)sc3n2)cc1. The van der Waals surface area contributed by atoms with Crippen LogP contribution in [0.5, 0.6) is 5.75 Å². The minimum Gasteiger partial charge on any atom is -0.497 e. The van der Waals surface area contributed by atoms with Crippen molar-refractivity contribution >= 4 is 22.3 Å². The number of rotatable bonds is 4. The van der Waals surface area contributed by atoms with Crippen LogP contribution >= 0.6 is 11.3 Å². The number of nitrogens with zero attached hydrogens (tertiary/aromatic N) is 2. The molecule has 0 unspecified atom stereocenters. The van der Waals surface area contributed by atoms with E-state index in [9.17, 15) is 9.90 Å². The molecule has 114 valence electrons. The molecule has 0 spiro atoms. The summed E-state index contributed by atoms with van der Waals surface area (Å²) >= 11 is 1.21. The Kier molecular flexibility index (Phi) is 3.62. The first-order chi connectivity index (χ1) is 10.5. The van der Waals surface area contributed by atoms with Gasteiger partial charge in [-0.1, -0.05) is 25.2 Å². The van der Waals surface area contributed by atoms with Crippen molar-refractivity contribution in [1.82, 2.24) is 9.38 Å². The topological polar surface area (TPSA) is 63.8 Å². The van der Waals surface area contributed by atoms with Crippen molar-refractivity contribution in [2.75, 3.05) is 7.11 Å². The molecule has 0 amide bonds. The first kappa shape index (κ1) is 14.6. The van der Waals surface area contributed by atoms with Gasteiger partial charge in [-0.25, -0.2) is 9.78 Å². The summed E-state index contributed by atoms with van der Waals surface area (Å²) in [6.45, 7) is 3.97. The number of imidazole rings is 1. The number of hydrogen-bond donors (Lipinski definition) is 1. The van der Waals surface area contributed by atoms with Gasteiger partial charge in [-0.2, -0.15) is 0 Å². The largest absolute Gasteiger partial charge is 0.497 e. The van der Waals surface area contributed by atoms with Crippen LogP contribution in [0.25, 0.3) is 16.2 Å². The molecule has 0 radical (unpaired) electrons. The van der Waals surface area contributed by atoms with E-state index in [4.69, 9.17) is 4.74 Å². The van der Waals surface area contributed by atoms with Crippen LogP contribution in [0.3, 0.4) is 0 Å². The van der Waals surface area contributed by atoms with E-state index in [1.807, 2.05) is 48.7 Å². The van der Waals surface area contributed by atoms with Gasteiger partial charge >= 0.3 is 5.97 Å². The maximum Gasteiger partial charge on any atom is 0.347 e. The third-order valence-corrected chi connectivity index (χ3v) is 4.54. The fourth-order valence-electron chi connectivity index (χ4n) is 2.46. The predicted octanol–water partition coefficient (Wildman–Crippen LogP) is 3.89. The number of aromatic carboxylic acids is 1. The molecule has 0 bridgehead atoms. The van der Waals surface area contributed by atoms with E-state index in [1.165, 1.54) is 11.3 Å². The van der Waals surface area contributed by atoms with Crippen LogP contribution in [0.1, 0.15) is 35.1 Å². The lowest BCUT2D eigenvalue weighted by atomic mass is 10.1. The number of thiazole rings is 1. The second kappa shape index (κ2) is 5.46. The smallest absolute Gasteiger partial charge is 0.347 e. The van der Waals surface area contributed by atoms with Crippen molar-refractivity contribution in [3.8, 4) is 17.0 Å². The molecule has 1 N–H and O–H groups in total. The Morgan fingerprint density at radius 1 is 1.32 bits per heavy atom. The number of carboxylic acids is 1. The monoisotopic (exact) mass is 316 g/mol. The summed E-state index contributed by atoms with van der Waals surface area (Å²) in [6.07, 6.45) is 1.90. The molecule has 2 heterocycles. The molecular weight excluding hydrogens is 300 g/mol. The lowest BCUT2D eigenvalue weighted by Crippen LogP contribution is -2.02. The second-order valence-electron chi connectivity index (χ2n) is 5.28. The molecule has 22 heavy (non-hydrogen) atoms. The Balaban J connectivity index is 2.11. The summed E-state index contributed by atoms with van der Waals surface area (Å²) < 4.78 is 7.04. The van der Waals surface area contributed by atoms with Crippen molar-refractivity contribution in [2.24, 2.45) is 0 Å². The minimum absolute atomic E-state index is 0.109. The van der Waals surface area contributed by atoms with Crippen LogP contribution in [0.4, 0.5) is 0 Å². The first-order valence-electron chi connectivity index (χ1n) is 6.90. The van der Waals surface area contributed by atoms with Gasteiger partial charge in [-0.05, 0) is 30.2 Å². The molecular formula is C16H16N2O3S. The zero-order valence-electron chi connectivity index (χ0n) is 12.5. The number of carboxylic acid groups (broad SMARTS) is 1. The summed E-state index contributed by atoms with van der Waals surface area (Å²) in [6, 6.07) is 7.65. The van der Waals surface area contributed by atoms with Gasteiger partial charge in [-0.3, -0.25) is 4.40 Å². The van der Waals surface area contributed by atoms with E-state index in [-0.39, 0.29) is 5.92 Å². The van der Waals surface area contributed by atoms with Gasteiger partial charge in [0.15, 0.2) is 4.96 Å². The number of aromatic nitrogens is 2. The predicted molar refractivity (Wildman–Crippen MR) is 86.1 cm³/mol. The quantitative estimate of drug-likeness (QED) is 0.793. The molecule has 5 nitrogen and oxygen atoms in total. The maximum absolute atomic E-state index is 11.4. The number of fused-ring (bicyclic) bond motifs is 1. The molecule has 0 aliphatic rings. The number of carbonyl (C=O) groups is 1. The molecule has 0 saturated heterocycles. The third-order valence-electron chi connectivity index (χ3n) is 3.49. The highest BCUT2D eigenvalue weighted by molar-refractivity contribution is 7.19. The Hall–Kier alpha value is -2.34. The van der Waals surface area contributed by atoms with Crippen LogP contribution in [-0.4, -0.2) is 27.6 Å². The average Bonchev–Trinajstić information content (AvgIpc) is 3.04. The van der Waals surface area contributed by atoms with Gasteiger partial charge in [0.25, 0.3) is 0 Å². The number of ether oxygens (including phenoxy) is 1. The van der Waals surface area contributed by atoms with Crippen molar-refractivity contribution in [3.63, 3.8) is 0 Å². The highest BCUT2D eigenvalue weighted by Gasteiger charge is 2.22. The molecule has 0 aliphatic heterocycles. The Morgan fingerprint density at radius 2 is 2.00 bits per heavy atom. The van der Waals surface area contributed by atoms with E-state index in [2.05, 4.69) is 4.98 Å². The summed E-state index contributed by atoms with van der Waals surface area (Å²) in [5.74, 6) is 0.00349. The minimum atomic E-state index is -0.898. The highest BCUT2D eigenvalue weighted by atomic mass is 32.1. The van der Waals surface area contributed by atoms with Gasteiger partial charge in [0, 0.05) is 11.8 Å². The van der Waals surface area contributed by atoms with E-state index >= 15 is 0 Å². The zero-order chi connectivity index (χ0) is 15.9. The van der Waals surface area contributed by atoms with Gasteiger partial charge < -0.3 is 9.84 Å². The fourth-order valence-corrected chi connectivity index (χ4v) is 3.56. The fraction of sp³-hybridized carbons (Fsp3) is 0.250. The third kappa shape index (κ3) is 2.35. The normalized spacial score (nSPS) is 11.3. The van der Waals surface area contributed by atoms with Gasteiger partial charge in [0.05, 0.1) is 18.5 Å². The van der Waals surface area contributed by atoms with Crippen molar-refractivity contribution in [3.05, 3.63) is 41.0 Å². The molecule has 6 heteroatoms. The molecule has 2 aromatic heterocycles. The lowest BCUT2D eigenvalue weighted by Gasteiger charge is -2.05. The van der Waals surface area contributed by atoms with E-state index < -0.39 is 5.97 Å². The standard InChI is InChI=1S/C16H16N2O3S/c1-9(2)13-14(15(19)20)22-16-17-12(8-18(13)16)10-4-6-11(21-3)7-5-10/h4-9H,1-3H3,(H,19,20). The van der Waals surface area contributed by atoms with Crippen molar-refractivity contribution in [1.29, 1.82) is 0 Å². The van der Waals surface area contributed by atoms with Gasteiger partial charge in [0.1, 0.15) is 10.6 Å². The van der Waals surface area contributed by atoms with E-state index in [0.29, 0.717) is 9.84 Å². The molecule has 3 rings (SSSR count). The Morgan fingerprint density at radius 3 is 2.55 bits per heavy atom. The highest BCUT2D eigenvalue weighted by Crippen LogP contribution is 2.32. The zero-order valence-corrected chi connectivity index (χ0v) is 13.3. The van der Waals surface area contributed by atoms with Crippen LogP contribution in [0.2, 0.25) is 0 Å². The van der Waals surface area contributed by atoms with Crippen LogP contribution in [-0.2, 0) is 0 Å². The molecule has 0 saturated carbocycles. The molecule has 3 aromatic rings. The number of benzene rings is 1. The summed E-state index contributed by atoms with van der Waals surface area (Å²) in [5.41, 5.74) is 2.59. The van der Waals surface area contributed by atoms with Gasteiger partial charge in [-0.15, -0.1) is 0 Å². The lowest BCUT2D eigenvalue weighted by molar-refractivity contribution is 0.0700. The van der Waals surface area contributed by atoms with E-state index in [1.54, 1.807) is 7.11 Å². The number of hydrogen-bond acceptors (Lipinski definition) is 4. The maximum atomic E-state index is 11.4. The number of methoxy groups -OCH3 is 1. The molecule has 0 aliphatic carbocycles.